The average Bonchev–Trinajstić information content (AvgIpc) is 2.92. The average molecular weight is 391 g/mol. The molecule has 1 aliphatic carbocycles. The van der Waals surface area contributed by atoms with E-state index < -0.39 is 5.97 Å². The number of methoxy groups -OCH3 is 1. The highest BCUT2D eigenvalue weighted by molar-refractivity contribution is 6.32. The van der Waals surface area contributed by atoms with Crippen molar-refractivity contribution in [1.29, 1.82) is 5.26 Å². The molecule has 3 rings (SSSR count). The number of carbonyl (C=O) groups is 3. The van der Waals surface area contributed by atoms with E-state index in [-0.39, 0.29) is 58.7 Å². The van der Waals surface area contributed by atoms with Gasteiger partial charge in [0.1, 0.15) is 0 Å². The summed E-state index contributed by atoms with van der Waals surface area (Å²) in [6, 6.07) is 4.71. The highest BCUT2D eigenvalue weighted by Gasteiger charge is 2.47. The molecule has 8 heteroatoms. The van der Waals surface area contributed by atoms with Gasteiger partial charge in [-0.15, -0.1) is 0 Å². The molecule has 2 atom stereocenters. The van der Waals surface area contributed by atoms with Crippen LogP contribution in [0.15, 0.2) is 12.1 Å². The molecular formula is C19H19ClN2O5. The first kappa shape index (κ1) is 19.2. The molecule has 2 fully saturated rings. The van der Waals surface area contributed by atoms with Crippen LogP contribution in [0.5, 0.6) is 11.5 Å². The number of ether oxygens (including phenoxy) is 2. The van der Waals surface area contributed by atoms with Crippen molar-refractivity contribution in [1.82, 2.24) is 4.90 Å². The Hall–Kier alpha value is -2.59. The summed E-state index contributed by atoms with van der Waals surface area (Å²) in [5.74, 6) is -1.33. The maximum absolute atomic E-state index is 12.4. The summed E-state index contributed by atoms with van der Waals surface area (Å²) in [7, 11) is 1.37. The summed E-state index contributed by atoms with van der Waals surface area (Å²) < 4.78 is 10.4. The van der Waals surface area contributed by atoms with Gasteiger partial charge >= 0.3 is 5.97 Å². The first-order valence-corrected chi connectivity index (χ1v) is 9.17. The second-order valence-corrected chi connectivity index (χ2v) is 7.06. The van der Waals surface area contributed by atoms with Crippen LogP contribution in [0.3, 0.4) is 0 Å². The van der Waals surface area contributed by atoms with Gasteiger partial charge in [-0.25, -0.2) is 0 Å². The SMILES string of the molecule is COc1cc(C#N)cc(Cl)c1OC(=O)CCN1C(=O)C2CCCCC2C1=O. The molecule has 1 heterocycles. The fourth-order valence-electron chi connectivity index (χ4n) is 3.70. The quantitative estimate of drug-likeness (QED) is 0.435. The minimum absolute atomic E-state index is 0.0101. The summed E-state index contributed by atoms with van der Waals surface area (Å²) in [5, 5.41) is 9.02. The maximum Gasteiger partial charge on any atom is 0.313 e. The van der Waals surface area contributed by atoms with Crippen molar-refractivity contribution in [2.75, 3.05) is 13.7 Å². The monoisotopic (exact) mass is 390 g/mol. The molecular weight excluding hydrogens is 372 g/mol. The molecule has 0 bridgehead atoms. The lowest BCUT2D eigenvalue weighted by Gasteiger charge is -2.19. The Kier molecular flexibility index (Phi) is 5.66. The molecule has 0 N–H and O–H groups in total. The van der Waals surface area contributed by atoms with Crippen LogP contribution in [-0.4, -0.2) is 36.3 Å². The van der Waals surface area contributed by atoms with Gasteiger partial charge in [0.2, 0.25) is 11.8 Å². The number of halogens is 1. The van der Waals surface area contributed by atoms with Gasteiger partial charge in [0, 0.05) is 12.6 Å². The minimum Gasteiger partial charge on any atom is -0.493 e. The van der Waals surface area contributed by atoms with Crippen LogP contribution in [0.25, 0.3) is 0 Å². The normalized spacial score (nSPS) is 21.6. The Morgan fingerprint density at radius 1 is 1.26 bits per heavy atom. The lowest BCUT2D eigenvalue weighted by Crippen LogP contribution is -2.33. The van der Waals surface area contributed by atoms with Gasteiger partial charge < -0.3 is 9.47 Å². The summed E-state index contributed by atoms with van der Waals surface area (Å²) in [5.41, 5.74) is 0.271. The molecule has 27 heavy (non-hydrogen) atoms. The summed E-state index contributed by atoms with van der Waals surface area (Å²) in [6.45, 7) is -0.0142. The number of benzene rings is 1. The fraction of sp³-hybridized carbons (Fsp3) is 0.474. The zero-order chi connectivity index (χ0) is 19.6. The van der Waals surface area contributed by atoms with E-state index in [2.05, 4.69) is 0 Å². The number of carbonyl (C=O) groups excluding carboxylic acids is 3. The van der Waals surface area contributed by atoms with Crippen molar-refractivity contribution in [2.24, 2.45) is 11.8 Å². The Morgan fingerprint density at radius 2 is 1.89 bits per heavy atom. The minimum atomic E-state index is -0.643. The van der Waals surface area contributed by atoms with E-state index in [0.717, 1.165) is 25.7 Å². The molecule has 7 nitrogen and oxygen atoms in total. The van der Waals surface area contributed by atoms with Crippen LogP contribution >= 0.6 is 11.6 Å². The van der Waals surface area contributed by atoms with E-state index in [1.165, 1.54) is 24.1 Å². The number of esters is 1. The molecule has 142 valence electrons. The second-order valence-electron chi connectivity index (χ2n) is 6.65. The van der Waals surface area contributed by atoms with Gasteiger partial charge in [-0.1, -0.05) is 24.4 Å². The van der Waals surface area contributed by atoms with E-state index in [0.29, 0.717) is 0 Å². The highest BCUT2D eigenvalue weighted by Crippen LogP contribution is 2.38. The number of rotatable bonds is 5. The van der Waals surface area contributed by atoms with Crippen molar-refractivity contribution >= 4 is 29.4 Å². The van der Waals surface area contributed by atoms with Gasteiger partial charge in [-0.2, -0.15) is 5.26 Å². The topological polar surface area (TPSA) is 96.7 Å². The molecule has 0 radical (unpaired) electrons. The third-order valence-corrected chi connectivity index (χ3v) is 5.33. The van der Waals surface area contributed by atoms with Crippen molar-refractivity contribution < 1.29 is 23.9 Å². The van der Waals surface area contributed by atoms with Gasteiger partial charge in [-0.3, -0.25) is 19.3 Å². The number of hydrogen-bond donors (Lipinski definition) is 0. The van der Waals surface area contributed by atoms with Crippen LogP contribution < -0.4 is 9.47 Å². The van der Waals surface area contributed by atoms with Crippen LogP contribution in [0.4, 0.5) is 0 Å². The molecule has 1 aromatic carbocycles. The lowest BCUT2D eigenvalue weighted by molar-refractivity contribution is -0.141. The molecule has 1 saturated carbocycles. The van der Waals surface area contributed by atoms with Gasteiger partial charge in [0.25, 0.3) is 0 Å². The Bertz CT molecular complexity index is 808. The van der Waals surface area contributed by atoms with Crippen molar-refractivity contribution in [3.8, 4) is 17.6 Å². The summed E-state index contributed by atoms with van der Waals surface area (Å²) in [4.78, 5) is 38.3. The van der Waals surface area contributed by atoms with E-state index in [1.54, 1.807) is 0 Å². The van der Waals surface area contributed by atoms with Crippen LogP contribution in [0, 0.1) is 23.2 Å². The lowest BCUT2D eigenvalue weighted by atomic mass is 9.81. The van der Waals surface area contributed by atoms with Crippen molar-refractivity contribution in [2.45, 2.75) is 32.1 Å². The van der Waals surface area contributed by atoms with E-state index in [9.17, 15) is 14.4 Å². The third kappa shape index (κ3) is 3.76. The number of fused-ring (bicyclic) bond motifs is 1. The predicted molar refractivity (Wildman–Crippen MR) is 95.1 cm³/mol. The molecule has 2 amide bonds. The van der Waals surface area contributed by atoms with Crippen LogP contribution in [0.2, 0.25) is 5.02 Å². The fourth-order valence-corrected chi connectivity index (χ4v) is 3.95. The molecule has 0 aromatic heterocycles. The highest BCUT2D eigenvalue weighted by atomic mass is 35.5. The van der Waals surface area contributed by atoms with Crippen LogP contribution in [0.1, 0.15) is 37.7 Å². The first-order valence-electron chi connectivity index (χ1n) is 8.79. The molecule has 1 aromatic rings. The standard InChI is InChI=1S/C19H19ClN2O5/c1-26-15-9-11(10-21)8-14(20)17(15)27-16(23)6-7-22-18(24)12-4-2-3-5-13(12)19(22)25/h8-9,12-13H,2-7H2,1H3. The maximum atomic E-state index is 12.4. The summed E-state index contributed by atoms with van der Waals surface area (Å²) >= 11 is 6.07. The Balaban J connectivity index is 1.65. The molecule has 2 unspecified atom stereocenters. The molecule has 2 aliphatic rings. The zero-order valence-electron chi connectivity index (χ0n) is 14.9. The smallest absolute Gasteiger partial charge is 0.313 e. The predicted octanol–water partition coefficient (Wildman–Crippen LogP) is 2.69. The van der Waals surface area contributed by atoms with Crippen molar-refractivity contribution in [3.05, 3.63) is 22.7 Å². The van der Waals surface area contributed by atoms with Gasteiger partial charge in [0.05, 0.1) is 42.0 Å². The number of amides is 2. The zero-order valence-corrected chi connectivity index (χ0v) is 15.6. The molecule has 0 spiro atoms. The van der Waals surface area contributed by atoms with E-state index in [4.69, 9.17) is 26.3 Å². The molecule has 1 aliphatic heterocycles. The molecule has 1 saturated heterocycles. The van der Waals surface area contributed by atoms with Gasteiger partial charge in [-0.05, 0) is 18.9 Å². The Morgan fingerprint density at radius 3 is 2.44 bits per heavy atom. The number of nitrogens with zero attached hydrogens (tertiary/aromatic N) is 2. The largest absolute Gasteiger partial charge is 0.493 e. The van der Waals surface area contributed by atoms with Crippen LogP contribution in [-0.2, 0) is 14.4 Å². The second kappa shape index (κ2) is 7.97. The van der Waals surface area contributed by atoms with Crippen molar-refractivity contribution in [3.63, 3.8) is 0 Å². The third-order valence-electron chi connectivity index (χ3n) is 5.05. The van der Waals surface area contributed by atoms with E-state index >= 15 is 0 Å². The number of imide groups is 1. The first-order chi connectivity index (χ1) is 13.0. The number of hydrogen-bond acceptors (Lipinski definition) is 6. The number of likely N-dealkylation sites (tertiary alicyclic amines) is 1. The van der Waals surface area contributed by atoms with E-state index in [1.807, 2.05) is 6.07 Å². The number of nitriles is 1. The van der Waals surface area contributed by atoms with Gasteiger partial charge in [0.15, 0.2) is 11.5 Å². The Labute approximate surface area is 161 Å². The summed E-state index contributed by atoms with van der Waals surface area (Å²) in [6.07, 6.45) is 3.22.